The summed E-state index contributed by atoms with van der Waals surface area (Å²) in [6.07, 6.45) is 8.05. The first-order valence-corrected chi connectivity index (χ1v) is 7.07. The van der Waals surface area contributed by atoms with Crippen LogP contribution in [0.5, 0.6) is 0 Å². The summed E-state index contributed by atoms with van der Waals surface area (Å²) in [6, 6.07) is 3.52. The summed E-state index contributed by atoms with van der Waals surface area (Å²) in [4.78, 5) is 13.3. The molecule has 2 N–H and O–H groups in total. The van der Waals surface area contributed by atoms with Crippen LogP contribution in [0.2, 0.25) is 0 Å². The van der Waals surface area contributed by atoms with E-state index in [1.54, 1.807) is 6.07 Å². The third-order valence-corrected chi connectivity index (χ3v) is 4.58. The predicted octanol–water partition coefficient (Wildman–Crippen LogP) is 1.74. The molecule has 1 saturated carbocycles. The first-order chi connectivity index (χ1) is 9.19. The maximum atomic E-state index is 11.0. The van der Waals surface area contributed by atoms with Gasteiger partial charge in [-0.25, -0.2) is 0 Å². The smallest absolute Gasteiger partial charge is 0.269 e. The van der Waals surface area contributed by atoms with Crippen molar-refractivity contribution in [1.29, 1.82) is 0 Å². The van der Waals surface area contributed by atoms with Crippen molar-refractivity contribution in [3.63, 3.8) is 0 Å². The third kappa shape index (κ3) is 2.41. The van der Waals surface area contributed by atoms with Gasteiger partial charge >= 0.3 is 0 Å². The molecule has 102 valence electrons. The van der Waals surface area contributed by atoms with E-state index in [0.29, 0.717) is 5.41 Å². The molecule has 1 aliphatic heterocycles. The monoisotopic (exact) mass is 260 g/mol. The number of nitrogens with two attached hydrogens (primary N) is 1. The van der Waals surface area contributed by atoms with Crippen LogP contribution in [0.4, 0.5) is 5.82 Å². The second-order valence-electron chi connectivity index (χ2n) is 5.87. The minimum atomic E-state index is -0.524. The molecule has 5 nitrogen and oxygen atoms in total. The van der Waals surface area contributed by atoms with Crippen LogP contribution in [-0.2, 0) is 0 Å². The Kier molecular flexibility index (Phi) is 3.12. The van der Waals surface area contributed by atoms with Gasteiger partial charge in [0.1, 0.15) is 0 Å². The topological polar surface area (TPSA) is 72.1 Å². The number of anilines is 1. The molecule has 1 spiro atoms. The van der Waals surface area contributed by atoms with Crippen LogP contribution in [0.25, 0.3) is 0 Å². The molecule has 1 aromatic heterocycles. The van der Waals surface area contributed by atoms with Gasteiger partial charge in [-0.05, 0) is 36.8 Å². The van der Waals surface area contributed by atoms with Crippen molar-refractivity contribution >= 4 is 11.7 Å². The van der Waals surface area contributed by atoms with Gasteiger partial charge in [0.05, 0.1) is 0 Å². The summed E-state index contributed by atoms with van der Waals surface area (Å²) in [5, 5.41) is 8.03. The molecular formula is C14H20N4O. The first-order valence-electron chi connectivity index (χ1n) is 7.07. The number of aromatic nitrogens is 2. The number of hydrogen-bond donors (Lipinski definition) is 1. The van der Waals surface area contributed by atoms with E-state index in [4.69, 9.17) is 5.73 Å². The van der Waals surface area contributed by atoms with Crippen molar-refractivity contribution in [2.75, 3.05) is 18.0 Å². The minimum absolute atomic E-state index is 0.232. The van der Waals surface area contributed by atoms with E-state index >= 15 is 0 Å². The fourth-order valence-electron chi connectivity index (χ4n) is 3.47. The van der Waals surface area contributed by atoms with Gasteiger partial charge in [-0.1, -0.05) is 19.3 Å². The highest BCUT2D eigenvalue weighted by molar-refractivity contribution is 5.90. The summed E-state index contributed by atoms with van der Waals surface area (Å²) >= 11 is 0. The zero-order chi connectivity index (χ0) is 13.3. The van der Waals surface area contributed by atoms with E-state index in [-0.39, 0.29) is 5.69 Å². The van der Waals surface area contributed by atoms with Gasteiger partial charge in [0.25, 0.3) is 5.91 Å². The van der Waals surface area contributed by atoms with E-state index in [2.05, 4.69) is 15.1 Å². The number of amides is 1. The molecule has 5 heteroatoms. The highest BCUT2D eigenvalue weighted by Gasteiger charge is 2.39. The van der Waals surface area contributed by atoms with Gasteiger partial charge in [-0.2, -0.15) is 0 Å². The highest BCUT2D eigenvalue weighted by atomic mass is 16.1. The highest BCUT2D eigenvalue weighted by Crippen LogP contribution is 2.44. The molecule has 0 atom stereocenters. The summed E-state index contributed by atoms with van der Waals surface area (Å²) in [5.74, 6) is 0.344. The molecule has 1 aliphatic carbocycles. The fourth-order valence-corrected chi connectivity index (χ4v) is 3.47. The Balaban J connectivity index is 1.72. The lowest BCUT2D eigenvalue weighted by Crippen LogP contribution is -2.29. The average molecular weight is 260 g/mol. The van der Waals surface area contributed by atoms with Crippen LogP contribution >= 0.6 is 0 Å². The van der Waals surface area contributed by atoms with Crippen LogP contribution in [0, 0.1) is 5.41 Å². The number of nitrogens with zero attached hydrogens (tertiary/aromatic N) is 3. The standard InChI is InChI=1S/C14H20N4O/c15-13(19)11-4-5-12(17-16-11)18-9-8-14(10-18)6-2-1-3-7-14/h4-5H,1-3,6-10H2,(H2,15,19). The lowest BCUT2D eigenvalue weighted by molar-refractivity contribution is 0.0994. The van der Waals surface area contributed by atoms with Gasteiger partial charge in [0, 0.05) is 13.1 Å². The summed E-state index contributed by atoms with van der Waals surface area (Å²) in [7, 11) is 0. The maximum absolute atomic E-state index is 11.0. The van der Waals surface area contributed by atoms with Crippen molar-refractivity contribution in [3.05, 3.63) is 17.8 Å². The molecule has 2 aliphatic rings. The Labute approximate surface area is 113 Å². The van der Waals surface area contributed by atoms with Gasteiger partial charge < -0.3 is 10.6 Å². The second kappa shape index (κ2) is 4.79. The summed E-state index contributed by atoms with van der Waals surface area (Å²) in [6.45, 7) is 2.13. The van der Waals surface area contributed by atoms with E-state index in [0.717, 1.165) is 18.9 Å². The number of rotatable bonds is 2. The van der Waals surface area contributed by atoms with Gasteiger partial charge in [-0.15, -0.1) is 10.2 Å². The molecule has 0 aromatic carbocycles. The SMILES string of the molecule is NC(=O)c1ccc(N2CCC3(CCCCC3)C2)nn1. The second-order valence-corrected chi connectivity index (χ2v) is 5.87. The molecule has 2 fully saturated rings. The molecule has 3 rings (SSSR count). The molecular weight excluding hydrogens is 240 g/mol. The van der Waals surface area contributed by atoms with Crippen molar-refractivity contribution in [2.24, 2.45) is 11.1 Å². The number of carbonyl (C=O) groups is 1. The van der Waals surface area contributed by atoms with Gasteiger partial charge in [0.15, 0.2) is 11.5 Å². The Morgan fingerprint density at radius 1 is 1.16 bits per heavy atom. The maximum Gasteiger partial charge on any atom is 0.269 e. The Hall–Kier alpha value is -1.65. The normalized spacial score (nSPS) is 21.8. The first kappa shape index (κ1) is 12.4. The van der Waals surface area contributed by atoms with E-state index < -0.39 is 5.91 Å². The van der Waals surface area contributed by atoms with Gasteiger partial charge in [0.2, 0.25) is 0 Å². The molecule has 1 saturated heterocycles. The zero-order valence-corrected chi connectivity index (χ0v) is 11.1. The predicted molar refractivity (Wildman–Crippen MR) is 72.9 cm³/mol. The lowest BCUT2D eigenvalue weighted by atomic mass is 9.73. The molecule has 0 unspecified atom stereocenters. The zero-order valence-electron chi connectivity index (χ0n) is 11.1. The number of primary amides is 1. The Bertz CT molecular complexity index is 465. The lowest BCUT2D eigenvalue weighted by Gasteiger charge is -2.33. The Morgan fingerprint density at radius 3 is 2.58 bits per heavy atom. The average Bonchev–Trinajstić information content (AvgIpc) is 2.83. The van der Waals surface area contributed by atoms with Gasteiger partial charge in [-0.3, -0.25) is 4.79 Å². The van der Waals surface area contributed by atoms with Crippen molar-refractivity contribution in [3.8, 4) is 0 Å². The minimum Gasteiger partial charge on any atom is -0.364 e. The molecule has 2 heterocycles. The molecule has 0 radical (unpaired) electrons. The fraction of sp³-hybridized carbons (Fsp3) is 0.643. The molecule has 1 amide bonds. The van der Waals surface area contributed by atoms with E-state index in [1.807, 2.05) is 6.07 Å². The quantitative estimate of drug-likeness (QED) is 0.879. The van der Waals surface area contributed by atoms with Crippen LogP contribution in [0.15, 0.2) is 12.1 Å². The van der Waals surface area contributed by atoms with E-state index in [9.17, 15) is 4.79 Å². The number of carbonyl (C=O) groups excluding carboxylic acids is 1. The summed E-state index contributed by atoms with van der Waals surface area (Å²) in [5.41, 5.74) is 5.91. The van der Waals surface area contributed by atoms with Crippen LogP contribution in [-0.4, -0.2) is 29.2 Å². The van der Waals surface area contributed by atoms with Crippen molar-refractivity contribution in [1.82, 2.24) is 10.2 Å². The van der Waals surface area contributed by atoms with Crippen molar-refractivity contribution < 1.29 is 4.79 Å². The molecule has 0 bridgehead atoms. The van der Waals surface area contributed by atoms with Crippen LogP contribution < -0.4 is 10.6 Å². The van der Waals surface area contributed by atoms with Crippen molar-refractivity contribution in [2.45, 2.75) is 38.5 Å². The largest absolute Gasteiger partial charge is 0.364 e. The van der Waals surface area contributed by atoms with Crippen LogP contribution in [0.1, 0.15) is 49.0 Å². The molecule has 1 aromatic rings. The van der Waals surface area contributed by atoms with E-state index in [1.165, 1.54) is 38.5 Å². The molecule has 19 heavy (non-hydrogen) atoms. The third-order valence-electron chi connectivity index (χ3n) is 4.58. The van der Waals surface area contributed by atoms with Crippen LogP contribution in [0.3, 0.4) is 0 Å². The summed E-state index contributed by atoms with van der Waals surface area (Å²) < 4.78 is 0. The number of hydrogen-bond acceptors (Lipinski definition) is 4. The Morgan fingerprint density at radius 2 is 1.95 bits per heavy atom.